The van der Waals surface area contributed by atoms with Crippen LogP contribution in [0.25, 0.3) is 0 Å². The predicted molar refractivity (Wildman–Crippen MR) is 93.6 cm³/mol. The molecule has 0 aliphatic carbocycles. The largest absolute Gasteiger partial charge is 0.338 e. The first-order chi connectivity index (χ1) is 10.9. The molecule has 2 amide bonds. The highest BCUT2D eigenvalue weighted by Gasteiger charge is 2.29. The highest BCUT2D eigenvalue weighted by Crippen LogP contribution is 2.13. The Morgan fingerprint density at radius 3 is 2.12 bits per heavy atom. The molecule has 1 aromatic rings. The Morgan fingerprint density at radius 2 is 1.62 bits per heavy atom. The Morgan fingerprint density at radius 1 is 1.12 bits per heavy atom. The third-order valence-electron chi connectivity index (χ3n) is 4.51. The van der Waals surface area contributed by atoms with E-state index in [0.29, 0.717) is 31.7 Å². The summed E-state index contributed by atoms with van der Waals surface area (Å²) in [5.41, 5.74) is 6.46. The molecule has 5 nitrogen and oxygen atoms in total. The number of nitrogens with two attached hydrogens (primary N) is 1. The van der Waals surface area contributed by atoms with Gasteiger partial charge in [0, 0.05) is 31.7 Å². The lowest BCUT2D eigenvalue weighted by Gasteiger charge is -2.36. The van der Waals surface area contributed by atoms with Crippen molar-refractivity contribution in [2.45, 2.75) is 26.3 Å². The number of hydrogen-bond acceptors (Lipinski definition) is 3. The second-order valence-corrected chi connectivity index (χ2v) is 6.04. The Labute approximate surface area is 148 Å². The van der Waals surface area contributed by atoms with Gasteiger partial charge in [-0.05, 0) is 30.2 Å². The zero-order chi connectivity index (χ0) is 17.0. The molecule has 0 saturated carbocycles. The van der Waals surface area contributed by atoms with Crippen molar-refractivity contribution in [3.05, 3.63) is 35.6 Å². The van der Waals surface area contributed by atoms with Gasteiger partial charge in [0.2, 0.25) is 5.91 Å². The van der Waals surface area contributed by atoms with Gasteiger partial charge < -0.3 is 15.5 Å². The van der Waals surface area contributed by atoms with E-state index < -0.39 is 6.04 Å². The first kappa shape index (κ1) is 20.4. The second-order valence-electron chi connectivity index (χ2n) is 6.04. The van der Waals surface area contributed by atoms with Gasteiger partial charge in [-0.1, -0.05) is 20.3 Å². The maximum absolute atomic E-state index is 12.9. The van der Waals surface area contributed by atoms with Crippen LogP contribution in [0.5, 0.6) is 0 Å². The Balaban J connectivity index is 0.00000288. The molecule has 2 N–H and O–H groups in total. The van der Waals surface area contributed by atoms with Gasteiger partial charge in [-0.2, -0.15) is 0 Å². The molecule has 2 unspecified atom stereocenters. The van der Waals surface area contributed by atoms with E-state index >= 15 is 0 Å². The minimum absolute atomic E-state index is 0. The van der Waals surface area contributed by atoms with Gasteiger partial charge >= 0.3 is 0 Å². The summed E-state index contributed by atoms with van der Waals surface area (Å²) < 4.78 is 12.9. The number of carbonyl (C=O) groups is 2. The van der Waals surface area contributed by atoms with Crippen molar-refractivity contribution >= 4 is 24.2 Å². The summed E-state index contributed by atoms with van der Waals surface area (Å²) >= 11 is 0. The second kappa shape index (κ2) is 8.99. The van der Waals surface area contributed by atoms with E-state index in [2.05, 4.69) is 0 Å². The van der Waals surface area contributed by atoms with Crippen LogP contribution in [-0.2, 0) is 4.79 Å². The number of hydrogen-bond donors (Lipinski definition) is 1. The molecule has 1 aliphatic heterocycles. The van der Waals surface area contributed by atoms with Crippen LogP contribution in [0.2, 0.25) is 0 Å². The zero-order valence-electron chi connectivity index (χ0n) is 14.1. The predicted octanol–water partition coefficient (Wildman–Crippen LogP) is 1.91. The highest BCUT2D eigenvalue weighted by molar-refractivity contribution is 5.94. The number of amides is 2. The summed E-state index contributed by atoms with van der Waals surface area (Å²) in [7, 11) is 0. The quantitative estimate of drug-likeness (QED) is 0.895. The number of benzene rings is 1. The van der Waals surface area contributed by atoms with Crippen molar-refractivity contribution in [1.82, 2.24) is 9.80 Å². The van der Waals surface area contributed by atoms with Crippen molar-refractivity contribution < 1.29 is 14.0 Å². The molecule has 1 heterocycles. The van der Waals surface area contributed by atoms with Crippen molar-refractivity contribution in [3.63, 3.8) is 0 Å². The fourth-order valence-corrected chi connectivity index (χ4v) is 2.61. The normalized spacial score (nSPS) is 17.0. The number of halogens is 2. The number of nitrogens with zero attached hydrogens (tertiary/aromatic N) is 2. The molecule has 2 rings (SSSR count). The summed E-state index contributed by atoms with van der Waals surface area (Å²) in [6, 6.07) is 5.03. The first-order valence-electron chi connectivity index (χ1n) is 8.03. The maximum atomic E-state index is 12.9. The van der Waals surface area contributed by atoms with Crippen molar-refractivity contribution in [1.29, 1.82) is 0 Å². The van der Waals surface area contributed by atoms with E-state index in [-0.39, 0.29) is 36.0 Å². The minimum atomic E-state index is -0.487. The van der Waals surface area contributed by atoms with Gasteiger partial charge in [0.15, 0.2) is 0 Å². The van der Waals surface area contributed by atoms with Gasteiger partial charge in [0.1, 0.15) is 5.82 Å². The van der Waals surface area contributed by atoms with E-state index in [1.807, 2.05) is 13.8 Å². The SMILES string of the molecule is CCC(C)C(N)C(=O)N1CCN(C(=O)c2ccc(F)cc2)CC1.Cl. The summed E-state index contributed by atoms with van der Waals surface area (Å²) in [5, 5.41) is 0. The summed E-state index contributed by atoms with van der Waals surface area (Å²) in [6.07, 6.45) is 0.857. The third kappa shape index (κ3) is 4.68. The number of carbonyl (C=O) groups excluding carboxylic acids is 2. The smallest absolute Gasteiger partial charge is 0.253 e. The van der Waals surface area contributed by atoms with Crippen LogP contribution in [0.1, 0.15) is 30.6 Å². The van der Waals surface area contributed by atoms with Gasteiger partial charge in [-0.3, -0.25) is 9.59 Å². The molecule has 0 spiro atoms. The summed E-state index contributed by atoms with van der Waals surface area (Å²) in [4.78, 5) is 28.1. The van der Waals surface area contributed by atoms with Crippen LogP contribution in [0.3, 0.4) is 0 Å². The molecule has 1 aliphatic rings. The molecule has 2 atom stereocenters. The first-order valence-corrected chi connectivity index (χ1v) is 8.03. The van der Waals surface area contributed by atoms with Crippen molar-refractivity contribution in [3.8, 4) is 0 Å². The van der Waals surface area contributed by atoms with Crippen molar-refractivity contribution in [2.24, 2.45) is 11.7 Å². The third-order valence-corrected chi connectivity index (χ3v) is 4.51. The van der Waals surface area contributed by atoms with Gasteiger partial charge in [-0.15, -0.1) is 12.4 Å². The fraction of sp³-hybridized carbons (Fsp3) is 0.529. The average molecular weight is 358 g/mol. The lowest BCUT2D eigenvalue weighted by atomic mass is 9.98. The Bertz CT molecular complexity index is 559. The molecule has 1 saturated heterocycles. The van der Waals surface area contributed by atoms with Crippen LogP contribution in [0.4, 0.5) is 4.39 Å². The van der Waals surface area contributed by atoms with E-state index in [0.717, 1.165) is 6.42 Å². The summed E-state index contributed by atoms with van der Waals surface area (Å²) in [6.45, 7) is 5.88. The van der Waals surface area contributed by atoms with Crippen molar-refractivity contribution in [2.75, 3.05) is 26.2 Å². The van der Waals surface area contributed by atoms with E-state index in [1.165, 1.54) is 24.3 Å². The molecule has 134 valence electrons. The molecular formula is C17H25ClFN3O2. The van der Waals surface area contributed by atoms with Crippen LogP contribution >= 0.6 is 12.4 Å². The zero-order valence-corrected chi connectivity index (χ0v) is 14.9. The Kier molecular flexibility index (Phi) is 7.63. The monoisotopic (exact) mass is 357 g/mol. The van der Waals surface area contributed by atoms with Gasteiger partial charge in [-0.25, -0.2) is 4.39 Å². The van der Waals surface area contributed by atoms with Crippen LogP contribution < -0.4 is 5.73 Å². The number of rotatable bonds is 4. The van der Waals surface area contributed by atoms with Crippen LogP contribution in [0.15, 0.2) is 24.3 Å². The topological polar surface area (TPSA) is 66.6 Å². The maximum Gasteiger partial charge on any atom is 0.253 e. The van der Waals surface area contributed by atoms with Gasteiger partial charge in [0.05, 0.1) is 6.04 Å². The molecule has 1 aromatic carbocycles. The van der Waals surface area contributed by atoms with E-state index in [1.54, 1.807) is 9.80 Å². The molecule has 1 fully saturated rings. The standard InChI is InChI=1S/C17H24FN3O2.ClH/c1-3-12(2)15(19)17(23)21-10-8-20(9-11-21)16(22)13-4-6-14(18)7-5-13;/h4-7,12,15H,3,8-11,19H2,1-2H3;1H. The molecule has 7 heteroatoms. The van der Waals surface area contributed by atoms with Gasteiger partial charge in [0.25, 0.3) is 5.91 Å². The Hall–Kier alpha value is -1.66. The molecule has 0 radical (unpaired) electrons. The molecule has 0 bridgehead atoms. The molecular weight excluding hydrogens is 333 g/mol. The number of piperazine rings is 1. The van der Waals surface area contributed by atoms with Crippen LogP contribution in [-0.4, -0.2) is 53.8 Å². The lowest BCUT2D eigenvalue weighted by molar-refractivity contribution is -0.135. The molecule has 24 heavy (non-hydrogen) atoms. The van der Waals surface area contributed by atoms with E-state index in [4.69, 9.17) is 5.73 Å². The lowest BCUT2D eigenvalue weighted by Crippen LogP contribution is -2.55. The highest BCUT2D eigenvalue weighted by atomic mass is 35.5. The summed E-state index contributed by atoms with van der Waals surface area (Å²) in [5.74, 6) is -0.408. The average Bonchev–Trinajstić information content (AvgIpc) is 2.60. The molecule has 0 aromatic heterocycles. The van der Waals surface area contributed by atoms with E-state index in [9.17, 15) is 14.0 Å². The van der Waals surface area contributed by atoms with Crippen LogP contribution in [0, 0.1) is 11.7 Å². The minimum Gasteiger partial charge on any atom is -0.338 e. The fourth-order valence-electron chi connectivity index (χ4n) is 2.61.